The second kappa shape index (κ2) is 4.48. The summed E-state index contributed by atoms with van der Waals surface area (Å²) in [6.45, 7) is 6.14. The Balaban J connectivity index is 2.04. The predicted molar refractivity (Wildman–Crippen MR) is 76.1 cm³/mol. The smallest absolute Gasteiger partial charge is 0.141 e. The lowest BCUT2D eigenvalue weighted by molar-refractivity contribution is 0.579. The summed E-state index contributed by atoms with van der Waals surface area (Å²) in [7, 11) is 0. The van der Waals surface area contributed by atoms with Gasteiger partial charge >= 0.3 is 0 Å². The molecule has 2 unspecified atom stereocenters. The molecule has 3 rings (SSSR count). The molecule has 5 heteroatoms. The lowest BCUT2D eigenvalue weighted by atomic mass is 10.1. The first-order valence-corrected chi connectivity index (χ1v) is 7.18. The highest BCUT2D eigenvalue weighted by Gasteiger charge is 2.30. The third-order valence-electron chi connectivity index (χ3n) is 3.70. The Morgan fingerprint density at radius 1 is 1.50 bits per heavy atom. The van der Waals surface area contributed by atoms with Crippen molar-refractivity contribution in [1.29, 1.82) is 0 Å². The van der Waals surface area contributed by atoms with Crippen molar-refractivity contribution >= 4 is 27.4 Å². The zero-order chi connectivity index (χ0) is 12.7. The molecule has 1 aliphatic rings. The number of nitrogens with zero attached hydrogens (tertiary/aromatic N) is 3. The second-order valence-electron chi connectivity index (χ2n) is 5.11. The average Bonchev–Trinajstić information content (AvgIpc) is 2.90. The van der Waals surface area contributed by atoms with E-state index in [9.17, 15) is 0 Å². The number of fused-ring (bicyclic) bond motifs is 1. The molecule has 3 heterocycles. The van der Waals surface area contributed by atoms with Crippen molar-refractivity contribution < 1.29 is 0 Å². The van der Waals surface area contributed by atoms with Gasteiger partial charge in [-0.05, 0) is 38.8 Å². The van der Waals surface area contributed by atoms with Crippen molar-refractivity contribution in [2.75, 3.05) is 18.0 Å². The Morgan fingerprint density at radius 3 is 3.06 bits per heavy atom. The summed E-state index contributed by atoms with van der Waals surface area (Å²) < 4.78 is 0. The van der Waals surface area contributed by atoms with Gasteiger partial charge in [0.25, 0.3) is 0 Å². The molecule has 0 spiro atoms. The lowest BCUT2D eigenvalue weighted by Gasteiger charge is -2.23. The fourth-order valence-electron chi connectivity index (χ4n) is 2.80. The molecule has 1 aliphatic heterocycles. The fraction of sp³-hybridized carbons (Fsp3) is 0.538. The van der Waals surface area contributed by atoms with Crippen molar-refractivity contribution in [3.63, 3.8) is 0 Å². The number of aromatic nitrogens is 2. The van der Waals surface area contributed by atoms with Gasteiger partial charge in [-0.3, -0.25) is 0 Å². The van der Waals surface area contributed by atoms with Gasteiger partial charge < -0.3 is 10.6 Å². The molecule has 1 saturated heterocycles. The maximum Gasteiger partial charge on any atom is 0.141 e. The predicted octanol–water partition coefficient (Wildman–Crippen LogP) is 2.17. The van der Waals surface area contributed by atoms with Gasteiger partial charge in [-0.25, -0.2) is 9.97 Å². The second-order valence-corrected chi connectivity index (χ2v) is 6.35. The summed E-state index contributed by atoms with van der Waals surface area (Å²) in [4.78, 5) is 13.6. The van der Waals surface area contributed by atoms with Gasteiger partial charge in [0.2, 0.25) is 0 Å². The molecule has 2 N–H and O–H groups in total. The van der Waals surface area contributed by atoms with Crippen molar-refractivity contribution in [3.8, 4) is 0 Å². The highest BCUT2D eigenvalue weighted by Crippen LogP contribution is 2.34. The quantitative estimate of drug-likeness (QED) is 0.901. The van der Waals surface area contributed by atoms with E-state index in [1.54, 1.807) is 17.7 Å². The maximum absolute atomic E-state index is 5.80. The number of thiophene rings is 1. The zero-order valence-electron chi connectivity index (χ0n) is 10.8. The molecule has 0 bridgehead atoms. The van der Waals surface area contributed by atoms with Gasteiger partial charge in [-0.2, -0.15) is 0 Å². The minimum atomic E-state index is 0.511. The number of nitrogens with two attached hydrogens (primary N) is 1. The van der Waals surface area contributed by atoms with Crippen LogP contribution in [0.2, 0.25) is 0 Å². The third-order valence-corrected chi connectivity index (χ3v) is 4.66. The summed E-state index contributed by atoms with van der Waals surface area (Å²) in [6.07, 6.45) is 2.83. The SMILES string of the molecule is Cc1cc2c(N3CC(CN)CC3C)ncnc2s1. The molecular weight excluding hydrogens is 244 g/mol. The van der Waals surface area contributed by atoms with Gasteiger partial charge in [0.15, 0.2) is 0 Å². The average molecular weight is 262 g/mol. The Bertz CT molecular complexity index is 565. The molecule has 0 saturated carbocycles. The van der Waals surface area contributed by atoms with E-state index in [1.165, 1.54) is 10.3 Å². The molecule has 2 aromatic rings. The summed E-state index contributed by atoms with van der Waals surface area (Å²) in [5.74, 6) is 1.66. The van der Waals surface area contributed by atoms with E-state index in [0.29, 0.717) is 12.0 Å². The molecule has 2 atom stereocenters. The number of hydrogen-bond acceptors (Lipinski definition) is 5. The van der Waals surface area contributed by atoms with Gasteiger partial charge in [0.1, 0.15) is 17.0 Å². The number of hydrogen-bond donors (Lipinski definition) is 1. The van der Waals surface area contributed by atoms with Gasteiger partial charge in [-0.1, -0.05) is 0 Å². The van der Waals surface area contributed by atoms with E-state index in [2.05, 4.69) is 34.8 Å². The van der Waals surface area contributed by atoms with Crippen LogP contribution in [-0.4, -0.2) is 29.1 Å². The van der Waals surface area contributed by atoms with E-state index >= 15 is 0 Å². The largest absolute Gasteiger partial charge is 0.353 e. The van der Waals surface area contributed by atoms with E-state index in [1.807, 2.05) is 0 Å². The van der Waals surface area contributed by atoms with Crippen molar-refractivity contribution in [3.05, 3.63) is 17.3 Å². The normalized spacial score (nSPS) is 24.1. The van der Waals surface area contributed by atoms with Gasteiger partial charge in [-0.15, -0.1) is 11.3 Å². The number of aryl methyl sites for hydroxylation is 1. The molecule has 2 aromatic heterocycles. The van der Waals surface area contributed by atoms with E-state index in [-0.39, 0.29) is 0 Å². The van der Waals surface area contributed by atoms with Crippen LogP contribution in [0, 0.1) is 12.8 Å². The zero-order valence-corrected chi connectivity index (χ0v) is 11.6. The van der Waals surface area contributed by atoms with Crippen molar-refractivity contribution in [2.24, 2.45) is 11.7 Å². The summed E-state index contributed by atoms with van der Waals surface area (Å²) in [6, 6.07) is 2.70. The van der Waals surface area contributed by atoms with Crippen LogP contribution in [0.5, 0.6) is 0 Å². The van der Waals surface area contributed by atoms with E-state index in [4.69, 9.17) is 5.73 Å². The van der Waals surface area contributed by atoms with Gasteiger partial charge in [0, 0.05) is 17.5 Å². The van der Waals surface area contributed by atoms with Crippen LogP contribution in [0.1, 0.15) is 18.2 Å². The minimum absolute atomic E-state index is 0.511. The van der Waals surface area contributed by atoms with Crippen LogP contribution in [0.25, 0.3) is 10.2 Å². The maximum atomic E-state index is 5.80. The van der Waals surface area contributed by atoms with Crippen molar-refractivity contribution in [2.45, 2.75) is 26.3 Å². The first-order chi connectivity index (χ1) is 8.69. The Hall–Kier alpha value is -1.20. The molecule has 96 valence electrons. The lowest BCUT2D eigenvalue weighted by Crippen LogP contribution is -2.28. The standard InChI is InChI=1S/C13H18N4S/c1-8-3-10(5-14)6-17(8)12-11-4-9(2)18-13(11)16-7-15-12/h4,7-8,10H,3,5-6,14H2,1-2H3. The van der Waals surface area contributed by atoms with E-state index in [0.717, 1.165) is 30.2 Å². The Labute approximate surface area is 111 Å². The Kier molecular flexibility index (Phi) is 2.95. The minimum Gasteiger partial charge on any atom is -0.353 e. The third kappa shape index (κ3) is 1.87. The van der Waals surface area contributed by atoms with Crippen LogP contribution >= 0.6 is 11.3 Å². The Morgan fingerprint density at radius 2 is 2.33 bits per heavy atom. The molecule has 4 nitrogen and oxygen atoms in total. The summed E-state index contributed by atoms with van der Waals surface area (Å²) in [5, 5.41) is 1.18. The summed E-state index contributed by atoms with van der Waals surface area (Å²) in [5.41, 5.74) is 5.80. The monoisotopic (exact) mass is 262 g/mol. The fourth-order valence-corrected chi connectivity index (χ4v) is 3.64. The van der Waals surface area contributed by atoms with Crippen LogP contribution in [0.4, 0.5) is 5.82 Å². The van der Waals surface area contributed by atoms with Crippen molar-refractivity contribution in [1.82, 2.24) is 9.97 Å². The molecule has 0 aliphatic carbocycles. The molecule has 0 aromatic carbocycles. The molecule has 0 amide bonds. The highest BCUT2D eigenvalue weighted by atomic mass is 32.1. The van der Waals surface area contributed by atoms with Gasteiger partial charge in [0.05, 0.1) is 5.39 Å². The first-order valence-electron chi connectivity index (χ1n) is 6.37. The van der Waals surface area contributed by atoms with Crippen LogP contribution in [0.15, 0.2) is 12.4 Å². The van der Waals surface area contributed by atoms with Crippen LogP contribution in [-0.2, 0) is 0 Å². The molecular formula is C13H18N4S. The molecule has 18 heavy (non-hydrogen) atoms. The molecule has 1 fully saturated rings. The van der Waals surface area contributed by atoms with Crippen LogP contribution < -0.4 is 10.6 Å². The number of anilines is 1. The first kappa shape index (κ1) is 11.9. The number of rotatable bonds is 2. The van der Waals surface area contributed by atoms with Crippen LogP contribution in [0.3, 0.4) is 0 Å². The van der Waals surface area contributed by atoms with E-state index < -0.39 is 0 Å². The summed E-state index contributed by atoms with van der Waals surface area (Å²) >= 11 is 1.73. The highest BCUT2D eigenvalue weighted by molar-refractivity contribution is 7.18. The molecule has 0 radical (unpaired) electrons. The topological polar surface area (TPSA) is 55.0 Å².